The van der Waals surface area contributed by atoms with E-state index < -0.39 is 43.2 Å². The van der Waals surface area contributed by atoms with Crippen LogP contribution in [0.3, 0.4) is 0 Å². The summed E-state index contributed by atoms with van der Waals surface area (Å²) in [4.78, 5) is 0.0758. The number of benzene rings is 4. The highest BCUT2D eigenvalue weighted by Crippen LogP contribution is 2.50. The normalized spacial score (nSPS) is 15.0. The lowest BCUT2D eigenvalue weighted by molar-refractivity contribution is 0.111. The monoisotopic (exact) mass is 594 g/mol. The summed E-state index contributed by atoms with van der Waals surface area (Å²) in [7, 11) is -8.14. The molecule has 0 heterocycles. The fourth-order valence-corrected chi connectivity index (χ4v) is 7.48. The van der Waals surface area contributed by atoms with Gasteiger partial charge in [-0.3, -0.25) is 0 Å². The predicted molar refractivity (Wildman–Crippen MR) is 160 cm³/mol. The molecule has 4 aromatic carbocycles. The molecule has 3 atom stereocenters. The largest absolute Gasteiger partial charge is 0.489 e. The van der Waals surface area contributed by atoms with Crippen LogP contribution in [0.4, 0.5) is 0 Å². The van der Waals surface area contributed by atoms with Crippen molar-refractivity contribution in [2.45, 2.75) is 34.7 Å². The van der Waals surface area contributed by atoms with Gasteiger partial charge in [-0.25, -0.2) is 22.0 Å². The van der Waals surface area contributed by atoms with Crippen LogP contribution in [0.2, 0.25) is 0 Å². The molecule has 3 unspecified atom stereocenters. The Morgan fingerprint density at radius 1 is 0.780 bits per heavy atom. The molecule has 0 saturated carbocycles. The third-order valence-electron chi connectivity index (χ3n) is 7.25. The van der Waals surface area contributed by atoms with Crippen LogP contribution in [0.5, 0.6) is 5.75 Å². The highest BCUT2D eigenvalue weighted by Gasteiger charge is 2.56. The minimum Gasteiger partial charge on any atom is -0.489 e. The van der Waals surface area contributed by atoms with E-state index in [0.29, 0.717) is 5.56 Å². The SMILES string of the molecule is CS(=O)(=O)c1ccc(C(Cc2ccccc2)C(c2ccccc2OCc2ccccc2)(C(O)CN)S(N)(=O)=O)cc1. The molecule has 41 heavy (non-hydrogen) atoms. The molecule has 0 saturated heterocycles. The second-order valence-electron chi connectivity index (χ2n) is 9.94. The molecule has 0 aliphatic rings. The summed E-state index contributed by atoms with van der Waals surface area (Å²) < 4.78 is 56.2. The summed E-state index contributed by atoms with van der Waals surface area (Å²) in [6, 6.07) is 31.1. The fourth-order valence-electron chi connectivity index (χ4n) is 5.28. The van der Waals surface area contributed by atoms with Gasteiger partial charge in [0.05, 0.1) is 11.0 Å². The number of sulfone groups is 1. The van der Waals surface area contributed by atoms with Crippen molar-refractivity contribution in [2.24, 2.45) is 10.9 Å². The van der Waals surface area contributed by atoms with E-state index in [-0.39, 0.29) is 29.2 Å². The number of nitrogens with two attached hydrogens (primary N) is 2. The van der Waals surface area contributed by atoms with Gasteiger partial charge in [0.2, 0.25) is 10.0 Å². The lowest BCUT2D eigenvalue weighted by Crippen LogP contribution is -2.57. The Hall–Kier alpha value is -3.54. The number of aliphatic hydroxyl groups is 1. The van der Waals surface area contributed by atoms with Gasteiger partial charge >= 0.3 is 0 Å². The average Bonchev–Trinajstić information content (AvgIpc) is 2.96. The quantitative estimate of drug-likeness (QED) is 0.227. The molecule has 0 spiro atoms. The molecular weight excluding hydrogens is 560 g/mol. The second kappa shape index (κ2) is 12.5. The van der Waals surface area contributed by atoms with Gasteiger partial charge in [-0.15, -0.1) is 0 Å². The molecule has 4 aromatic rings. The molecule has 4 rings (SSSR count). The van der Waals surface area contributed by atoms with Crippen LogP contribution in [0.25, 0.3) is 0 Å². The molecule has 0 aliphatic heterocycles. The fraction of sp³-hybridized carbons (Fsp3) is 0.226. The first-order chi connectivity index (χ1) is 19.5. The van der Waals surface area contributed by atoms with E-state index in [4.69, 9.17) is 15.6 Å². The molecule has 0 fully saturated rings. The lowest BCUT2D eigenvalue weighted by atomic mass is 9.73. The predicted octanol–water partition coefficient (Wildman–Crippen LogP) is 3.50. The zero-order chi connectivity index (χ0) is 29.7. The molecule has 216 valence electrons. The number of primary sulfonamides is 1. The standard InChI is InChI=1S/C31H34N2O6S2/c1-40(35,36)26-18-16-25(17-19-26)28(20-23-10-4-2-5-11-23)31(30(34)21-32,41(33,37)38)27-14-8-9-15-29(27)39-22-24-12-6-3-7-13-24/h2-19,28,30,34H,20-22,32H2,1H3,(H2,33,37,38). The number of ether oxygens (including phenoxy) is 1. The molecule has 5 N–H and O–H groups in total. The Morgan fingerprint density at radius 2 is 1.32 bits per heavy atom. The molecule has 0 aliphatic carbocycles. The molecule has 0 radical (unpaired) electrons. The third-order valence-corrected chi connectivity index (χ3v) is 10.1. The summed E-state index contributed by atoms with van der Waals surface area (Å²) in [5, 5.41) is 17.7. The minimum absolute atomic E-state index is 0.0758. The van der Waals surface area contributed by atoms with E-state index in [9.17, 15) is 21.9 Å². The van der Waals surface area contributed by atoms with Crippen LogP contribution in [0.1, 0.15) is 28.2 Å². The van der Waals surface area contributed by atoms with Crippen LogP contribution >= 0.6 is 0 Å². The van der Waals surface area contributed by atoms with E-state index >= 15 is 0 Å². The number of aliphatic hydroxyl groups excluding tert-OH is 1. The van der Waals surface area contributed by atoms with Crippen molar-refractivity contribution < 1.29 is 26.7 Å². The topological polar surface area (TPSA) is 150 Å². The molecule has 0 bridgehead atoms. The van der Waals surface area contributed by atoms with Crippen molar-refractivity contribution in [1.29, 1.82) is 0 Å². The number of para-hydroxylation sites is 1. The van der Waals surface area contributed by atoms with E-state index in [1.807, 2.05) is 60.7 Å². The lowest BCUT2D eigenvalue weighted by Gasteiger charge is -2.43. The van der Waals surface area contributed by atoms with Gasteiger partial charge in [0.25, 0.3) is 0 Å². The van der Waals surface area contributed by atoms with Crippen molar-refractivity contribution >= 4 is 19.9 Å². The van der Waals surface area contributed by atoms with Gasteiger partial charge in [0.1, 0.15) is 17.1 Å². The Labute approximate surface area is 241 Å². The summed E-state index contributed by atoms with van der Waals surface area (Å²) in [5.41, 5.74) is 8.27. The highest BCUT2D eigenvalue weighted by molar-refractivity contribution is 7.90. The smallest absolute Gasteiger partial charge is 0.222 e. The van der Waals surface area contributed by atoms with E-state index in [0.717, 1.165) is 17.4 Å². The first-order valence-electron chi connectivity index (χ1n) is 13.0. The number of hydrogen-bond acceptors (Lipinski definition) is 7. The molecule has 0 aromatic heterocycles. The van der Waals surface area contributed by atoms with Gasteiger partial charge in [-0.05, 0) is 41.3 Å². The van der Waals surface area contributed by atoms with Crippen molar-refractivity contribution in [3.63, 3.8) is 0 Å². The van der Waals surface area contributed by atoms with Crippen molar-refractivity contribution in [1.82, 2.24) is 0 Å². The van der Waals surface area contributed by atoms with E-state index in [1.165, 1.54) is 12.1 Å². The van der Waals surface area contributed by atoms with Crippen molar-refractivity contribution in [3.8, 4) is 5.75 Å². The highest BCUT2D eigenvalue weighted by atomic mass is 32.2. The van der Waals surface area contributed by atoms with Gasteiger partial charge in [-0.1, -0.05) is 91.0 Å². The third kappa shape index (κ3) is 6.52. The Bertz CT molecular complexity index is 1660. The van der Waals surface area contributed by atoms with Gasteiger partial charge in [-0.2, -0.15) is 0 Å². The van der Waals surface area contributed by atoms with Crippen LogP contribution in [0.15, 0.2) is 114 Å². The first-order valence-corrected chi connectivity index (χ1v) is 16.4. The molecule has 10 heteroatoms. The number of hydrogen-bond donors (Lipinski definition) is 3. The summed E-state index contributed by atoms with van der Waals surface area (Å²) >= 11 is 0. The maximum absolute atomic E-state index is 13.9. The number of sulfonamides is 1. The van der Waals surface area contributed by atoms with Crippen LogP contribution in [-0.2, 0) is 37.6 Å². The Morgan fingerprint density at radius 3 is 1.85 bits per heavy atom. The van der Waals surface area contributed by atoms with Crippen molar-refractivity contribution in [2.75, 3.05) is 12.8 Å². The minimum atomic E-state index is -4.63. The Balaban J connectivity index is 1.99. The summed E-state index contributed by atoms with van der Waals surface area (Å²) in [5.74, 6) is -0.766. The van der Waals surface area contributed by atoms with Gasteiger partial charge in [0.15, 0.2) is 9.84 Å². The average molecular weight is 595 g/mol. The maximum atomic E-state index is 13.9. The van der Waals surface area contributed by atoms with Crippen LogP contribution < -0.4 is 15.6 Å². The zero-order valence-corrected chi connectivity index (χ0v) is 24.3. The number of rotatable bonds is 12. The Kier molecular flexibility index (Phi) is 9.31. The van der Waals surface area contributed by atoms with Gasteiger partial charge in [0, 0.05) is 24.3 Å². The summed E-state index contributed by atoms with van der Waals surface area (Å²) in [6.07, 6.45) is -0.418. The molecule has 0 amide bonds. The second-order valence-corrected chi connectivity index (χ2v) is 13.7. The molecule has 8 nitrogen and oxygen atoms in total. The zero-order valence-electron chi connectivity index (χ0n) is 22.6. The summed E-state index contributed by atoms with van der Waals surface area (Å²) in [6.45, 7) is -0.278. The maximum Gasteiger partial charge on any atom is 0.222 e. The van der Waals surface area contributed by atoms with E-state index in [1.54, 1.807) is 36.4 Å². The van der Waals surface area contributed by atoms with E-state index in [2.05, 4.69) is 0 Å². The van der Waals surface area contributed by atoms with Gasteiger partial charge < -0.3 is 15.6 Å². The van der Waals surface area contributed by atoms with Crippen LogP contribution in [0, 0.1) is 0 Å². The van der Waals surface area contributed by atoms with Crippen LogP contribution in [-0.4, -0.2) is 40.8 Å². The molecular formula is C31H34N2O6S2. The van der Waals surface area contributed by atoms with Crippen molar-refractivity contribution in [3.05, 3.63) is 131 Å². The first kappa shape index (κ1) is 30.4.